The highest BCUT2D eigenvalue weighted by Crippen LogP contribution is 2.30. The molecule has 0 fully saturated rings. The molecule has 3 aromatic carbocycles. The predicted octanol–water partition coefficient (Wildman–Crippen LogP) is 5.14. The number of para-hydroxylation sites is 1. The monoisotopic (exact) mass is 419 g/mol. The minimum absolute atomic E-state index is 0.0376. The first-order chi connectivity index (χ1) is 14.5. The zero-order valence-corrected chi connectivity index (χ0v) is 17.8. The van der Waals surface area contributed by atoms with Gasteiger partial charge in [-0.1, -0.05) is 48.6 Å². The number of benzene rings is 3. The minimum atomic E-state index is -3.34. The standard InChI is InChI=1S/C25H25NO3S/c1-2-26-24-7-4-3-6-22(24)23-18-20(12-15-25(23)26)9-8-19-10-13-21(14-11-19)30(28,29)17-5-16-27/h3-4,6-15,18,27H,2,5,16-17H2,1H3. The fourth-order valence-corrected chi connectivity index (χ4v) is 5.16. The SMILES string of the molecule is CCn1c2ccccc2c2cc(C=Cc3ccc(S(=O)(=O)CCCO)cc3)ccc21. The Balaban J connectivity index is 1.62. The number of sulfone groups is 1. The van der Waals surface area contributed by atoms with Gasteiger partial charge in [-0.2, -0.15) is 0 Å². The van der Waals surface area contributed by atoms with Crippen LogP contribution in [0, 0.1) is 0 Å². The molecule has 1 heterocycles. The van der Waals surface area contributed by atoms with Crippen molar-refractivity contribution in [2.45, 2.75) is 24.8 Å². The lowest BCUT2D eigenvalue weighted by Gasteiger charge is -2.04. The molecule has 0 saturated carbocycles. The molecule has 4 nitrogen and oxygen atoms in total. The summed E-state index contributed by atoms with van der Waals surface area (Å²) in [5, 5.41) is 11.4. The van der Waals surface area contributed by atoms with E-state index in [2.05, 4.69) is 54.0 Å². The summed E-state index contributed by atoms with van der Waals surface area (Å²) >= 11 is 0. The third-order valence-electron chi connectivity index (χ3n) is 5.39. The van der Waals surface area contributed by atoms with Crippen LogP contribution in [0.2, 0.25) is 0 Å². The average Bonchev–Trinajstić information content (AvgIpc) is 3.09. The second kappa shape index (κ2) is 8.46. The number of aliphatic hydroxyl groups excluding tert-OH is 1. The maximum atomic E-state index is 12.2. The molecule has 4 aromatic rings. The van der Waals surface area contributed by atoms with Crippen molar-refractivity contribution in [2.75, 3.05) is 12.4 Å². The van der Waals surface area contributed by atoms with Gasteiger partial charge >= 0.3 is 0 Å². The van der Waals surface area contributed by atoms with Crippen LogP contribution in [-0.2, 0) is 16.4 Å². The van der Waals surface area contributed by atoms with Gasteiger partial charge in [0.25, 0.3) is 0 Å². The normalized spacial score (nSPS) is 12.3. The zero-order chi connectivity index (χ0) is 21.1. The summed E-state index contributed by atoms with van der Waals surface area (Å²) in [6.07, 6.45) is 4.29. The first-order valence-corrected chi connectivity index (χ1v) is 11.8. The van der Waals surface area contributed by atoms with Crippen molar-refractivity contribution < 1.29 is 13.5 Å². The van der Waals surface area contributed by atoms with Gasteiger partial charge in [0.2, 0.25) is 0 Å². The van der Waals surface area contributed by atoms with Crippen LogP contribution in [0.4, 0.5) is 0 Å². The molecular formula is C25H25NO3S. The van der Waals surface area contributed by atoms with E-state index in [0.717, 1.165) is 17.7 Å². The van der Waals surface area contributed by atoms with Crippen molar-refractivity contribution in [1.29, 1.82) is 0 Å². The van der Waals surface area contributed by atoms with E-state index in [1.165, 1.54) is 21.8 Å². The Hall–Kier alpha value is -2.89. The Morgan fingerprint density at radius 2 is 1.53 bits per heavy atom. The maximum absolute atomic E-state index is 12.2. The Labute approximate surface area is 177 Å². The van der Waals surface area contributed by atoms with Gasteiger partial charge < -0.3 is 9.67 Å². The van der Waals surface area contributed by atoms with E-state index in [9.17, 15) is 8.42 Å². The van der Waals surface area contributed by atoms with E-state index in [1.54, 1.807) is 12.1 Å². The van der Waals surface area contributed by atoms with E-state index >= 15 is 0 Å². The third-order valence-corrected chi connectivity index (χ3v) is 7.21. The van der Waals surface area contributed by atoms with Crippen molar-refractivity contribution >= 4 is 43.8 Å². The molecule has 0 aliphatic heterocycles. The van der Waals surface area contributed by atoms with Gasteiger partial charge in [0, 0.05) is 35.0 Å². The second-order valence-corrected chi connectivity index (χ2v) is 9.45. The molecule has 0 amide bonds. The highest BCUT2D eigenvalue weighted by molar-refractivity contribution is 7.91. The van der Waals surface area contributed by atoms with Gasteiger partial charge in [-0.05, 0) is 54.8 Å². The predicted molar refractivity (Wildman–Crippen MR) is 124 cm³/mol. The molecule has 154 valence electrons. The molecule has 0 radical (unpaired) electrons. The minimum Gasteiger partial charge on any atom is -0.396 e. The van der Waals surface area contributed by atoms with Crippen LogP contribution in [0.1, 0.15) is 24.5 Å². The molecular weight excluding hydrogens is 394 g/mol. The van der Waals surface area contributed by atoms with Crippen molar-refractivity contribution in [3.8, 4) is 0 Å². The third kappa shape index (κ3) is 3.91. The molecule has 0 saturated heterocycles. The summed E-state index contributed by atoms with van der Waals surface area (Å²) in [6, 6.07) is 21.8. The number of hydrogen-bond acceptors (Lipinski definition) is 3. The summed E-state index contributed by atoms with van der Waals surface area (Å²) in [7, 11) is -3.34. The van der Waals surface area contributed by atoms with E-state index in [4.69, 9.17) is 5.11 Å². The van der Waals surface area contributed by atoms with E-state index < -0.39 is 9.84 Å². The lowest BCUT2D eigenvalue weighted by molar-refractivity contribution is 0.295. The Morgan fingerprint density at radius 1 is 0.867 bits per heavy atom. The van der Waals surface area contributed by atoms with Crippen LogP contribution in [0.15, 0.2) is 71.6 Å². The Kier molecular flexibility index (Phi) is 5.75. The summed E-state index contributed by atoms with van der Waals surface area (Å²) in [5.41, 5.74) is 4.51. The lowest BCUT2D eigenvalue weighted by Crippen LogP contribution is -2.08. The van der Waals surface area contributed by atoms with Crippen LogP contribution in [0.5, 0.6) is 0 Å². The topological polar surface area (TPSA) is 59.3 Å². The Morgan fingerprint density at radius 3 is 2.27 bits per heavy atom. The number of aromatic nitrogens is 1. The molecule has 0 bridgehead atoms. The number of fused-ring (bicyclic) bond motifs is 3. The van der Waals surface area contributed by atoms with Crippen molar-refractivity contribution in [2.24, 2.45) is 0 Å². The van der Waals surface area contributed by atoms with Crippen molar-refractivity contribution in [3.05, 3.63) is 77.9 Å². The van der Waals surface area contributed by atoms with E-state index in [-0.39, 0.29) is 18.8 Å². The number of rotatable bonds is 7. The van der Waals surface area contributed by atoms with Gasteiger partial charge in [-0.25, -0.2) is 8.42 Å². The molecule has 0 unspecified atom stereocenters. The highest BCUT2D eigenvalue weighted by atomic mass is 32.2. The van der Waals surface area contributed by atoms with E-state index in [0.29, 0.717) is 4.90 Å². The van der Waals surface area contributed by atoms with Gasteiger partial charge in [-0.3, -0.25) is 0 Å². The zero-order valence-electron chi connectivity index (χ0n) is 17.0. The van der Waals surface area contributed by atoms with Crippen LogP contribution < -0.4 is 0 Å². The summed E-state index contributed by atoms with van der Waals surface area (Å²) in [6.45, 7) is 2.96. The molecule has 1 aromatic heterocycles. The molecule has 30 heavy (non-hydrogen) atoms. The fraction of sp³-hybridized carbons (Fsp3) is 0.200. The van der Waals surface area contributed by atoms with E-state index in [1.807, 2.05) is 24.3 Å². The molecule has 5 heteroatoms. The summed E-state index contributed by atoms with van der Waals surface area (Å²) in [4.78, 5) is 0.293. The molecule has 0 aliphatic carbocycles. The summed E-state index contributed by atoms with van der Waals surface area (Å²) < 4.78 is 26.7. The smallest absolute Gasteiger partial charge is 0.178 e. The molecule has 4 rings (SSSR count). The first-order valence-electron chi connectivity index (χ1n) is 10.2. The second-order valence-electron chi connectivity index (χ2n) is 7.34. The fourth-order valence-electron chi connectivity index (χ4n) is 3.87. The lowest BCUT2D eigenvalue weighted by atomic mass is 10.1. The number of aryl methyl sites for hydroxylation is 1. The van der Waals surface area contributed by atoms with Crippen molar-refractivity contribution in [1.82, 2.24) is 4.57 Å². The molecule has 0 atom stereocenters. The number of nitrogens with zero attached hydrogens (tertiary/aromatic N) is 1. The van der Waals surface area contributed by atoms with Crippen molar-refractivity contribution in [3.63, 3.8) is 0 Å². The first kappa shape index (κ1) is 20.4. The van der Waals surface area contributed by atoms with Gasteiger partial charge in [-0.15, -0.1) is 0 Å². The maximum Gasteiger partial charge on any atom is 0.178 e. The number of aliphatic hydroxyl groups is 1. The quantitative estimate of drug-likeness (QED) is 0.422. The van der Waals surface area contributed by atoms with Gasteiger partial charge in [0.15, 0.2) is 9.84 Å². The average molecular weight is 420 g/mol. The molecule has 1 N–H and O–H groups in total. The molecule has 0 spiro atoms. The largest absolute Gasteiger partial charge is 0.396 e. The van der Waals surface area contributed by atoms with Gasteiger partial charge in [0.1, 0.15) is 0 Å². The van der Waals surface area contributed by atoms with Crippen LogP contribution in [-0.4, -0.2) is 30.5 Å². The van der Waals surface area contributed by atoms with Crippen LogP contribution >= 0.6 is 0 Å². The van der Waals surface area contributed by atoms with Gasteiger partial charge in [0.05, 0.1) is 10.6 Å². The number of hydrogen-bond donors (Lipinski definition) is 1. The Bertz CT molecular complexity index is 1320. The summed E-state index contributed by atoms with van der Waals surface area (Å²) in [5.74, 6) is -0.0376. The van der Waals surface area contributed by atoms with Crippen LogP contribution in [0.3, 0.4) is 0 Å². The molecule has 0 aliphatic rings. The highest BCUT2D eigenvalue weighted by Gasteiger charge is 2.13. The van der Waals surface area contributed by atoms with Crippen LogP contribution in [0.25, 0.3) is 34.0 Å².